The van der Waals surface area contributed by atoms with E-state index in [4.69, 9.17) is 4.52 Å². The maximum Gasteiger partial charge on any atom is 0.257 e. The molecule has 0 spiro atoms. The predicted molar refractivity (Wildman–Crippen MR) is 108 cm³/mol. The number of fused-ring (bicyclic) bond motifs is 1. The van der Waals surface area contributed by atoms with Gasteiger partial charge in [-0.1, -0.05) is 23.4 Å². The lowest BCUT2D eigenvalue weighted by Gasteiger charge is -2.24. The van der Waals surface area contributed by atoms with Crippen molar-refractivity contribution in [1.82, 2.24) is 30.6 Å². The molecule has 2 atom stereocenters. The van der Waals surface area contributed by atoms with Crippen LogP contribution in [0.3, 0.4) is 0 Å². The Labute approximate surface area is 173 Å². The SMILES string of the molecule is CC(=O)NC[C@H]1CCn2ncc(C(=O)N[C@H](C)c3noc(-c4ccccc4)n3)c2C1. The first-order chi connectivity index (χ1) is 14.5. The van der Waals surface area contributed by atoms with Gasteiger partial charge in [0.1, 0.15) is 0 Å². The lowest BCUT2D eigenvalue weighted by Crippen LogP contribution is -2.33. The molecule has 0 saturated heterocycles. The quantitative estimate of drug-likeness (QED) is 0.646. The van der Waals surface area contributed by atoms with Crippen molar-refractivity contribution in [2.24, 2.45) is 5.92 Å². The van der Waals surface area contributed by atoms with Crippen LogP contribution < -0.4 is 10.6 Å². The maximum atomic E-state index is 12.9. The highest BCUT2D eigenvalue weighted by Crippen LogP contribution is 2.24. The molecule has 0 unspecified atom stereocenters. The summed E-state index contributed by atoms with van der Waals surface area (Å²) in [4.78, 5) is 28.5. The van der Waals surface area contributed by atoms with Gasteiger partial charge in [0.05, 0.1) is 23.5 Å². The van der Waals surface area contributed by atoms with E-state index in [1.54, 1.807) is 6.20 Å². The molecule has 3 heterocycles. The van der Waals surface area contributed by atoms with Crippen molar-refractivity contribution >= 4 is 11.8 Å². The molecule has 30 heavy (non-hydrogen) atoms. The van der Waals surface area contributed by atoms with Crippen molar-refractivity contribution in [3.8, 4) is 11.5 Å². The van der Waals surface area contributed by atoms with Crippen LogP contribution in [0.4, 0.5) is 0 Å². The van der Waals surface area contributed by atoms with E-state index in [1.165, 1.54) is 6.92 Å². The second-order valence-electron chi connectivity index (χ2n) is 7.54. The summed E-state index contributed by atoms with van der Waals surface area (Å²) in [6, 6.07) is 9.05. The molecular formula is C21H24N6O3. The molecule has 0 radical (unpaired) electrons. The van der Waals surface area contributed by atoms with Crippen molar-refractivity contribution in [3.63, 3.8) is 0 Å². The third-order valence-corrected chi connectivity index (χ3v) is 5.26. The highest BCUT2D eigenvalue weighted by Gasteiger charge is 2.27. The van der Waals surface area contributed by atoms with E-state index in [0.29, 0.717) is 30.2 Å². The molecule has 3 aromatic rings. The van der Waals surface area contributed by atoms with Crippen LogP contribution in [0.1, 0.15) is 48.2 Å². The highest BCUT2D eigenvalue weighted by atomic mass is 16.5. The Bertz CT molecular complexity index is 1040. The first-order valence-electron chi connectivity index (χ1n) is 10.00. The topological polar surface area (TPSA) is 115 Å². The number of nitrogens with zero attached hydrogens (tertiary/aromatic N) is 4. The van der Waals surface area contributed by atoms with Crippen LogP contribution in [0.5, 0.6) is 0 Å². The number of amides is 2. The Balaban J connectivity index is 1.43. The molecule has 4 rings (SSSR count). The fourth-order valence-corrected chi connectivity index (χ4v) is 3.60. The van der Waals surface area contributed by atoms with Crippen LogP contribution in [-0.2, 0) is 17.8 Å². The lowest BCUT2D eigenvalue weighted by atomic mass is 9.94. The number of benzene rings is 1. The minimum atomic E-state index is -0.423. The Kier molecular flexibility index (Phi) is 5.60. The number of hydrogen-bond donors (Lipinski definition) is 2. The number of carbonyl (C=O) groups is 2. The van der Waals surface area contributed by atoms with Gasteiger partial charge in [-0.2, -0.15) is 10.1 Å². The largest absolute Gasteiger partial charge is 0.356 e. The third-order valence-electron chi connectivity index (χ3n) is 5.26. The van der Waals surface area contributed by atoms with E-state index in [-0.39, 0.29) is 17.7 Å². The van der Waals surface area contributed by atoms with Gasteiger partial charge in [0, 0.05) is 25.6 Å². The summed E-state index contributed by atoms with van der Waals surface area (Å²) in [5.74, 6) is 0.834. The summed E-state index contributed by atoms with van der Waals surface area (Å²) in [7, 11) is 0. The summed E-state index contributed by atoms with van der Waals surface area (Å²) in [5.41, 5.74) is 2.26. The van der Waals surface area contributed by atoms with E-state index in [2.05, 4.69) is 25.9 Å². The number of carbonyl (C=O) groups excluding carboxylic acids is 2. The zero-order chi connectivity index (χ0) is 21.1. The Hall–Kier alpha value is -3.49. The van der Waals surface area contributed by atoms with Crippen LogP contribution in [-0.4, -0.2) is 38.3 Å². The minimum Gasteiger partial charge on any atom is -0.356 e. The fraction of sp³-hybridized carbons (Fsp3) is 0.381. The third kappa shape index (κ3) is 4.24. The number of hydrogen-bond acceptors (Lipinski definition) is 6. The van der Waals surface area contributed by atoms with Crippen molar-refractivity contribution < 1.29 is 14.1 Å². The van der Waals surface area contributed by atoms with Crippen molar-refractivity contribution in [2.75, 3.05) is 6.54 Å². The average molecular weight is 408 g/mol. The number of aryl methyl sites for hydroxylation is 1. The Morgan fingerprint density at radius 2 is 2.10 bits per heavy atom. The second kappa shape index (κ2) is 8.48. The van der Waals surface area contributed by atoms with Gasteiger partial charge in [-0.3, -0.25) is 14.3 Å². The Morgan fingerprint density at radius 3 is 2.87 bits per heavy atom. The molecule has 1 aliphatic heterocycles. The van der Waals surface area contributed by atoms with Crippen molar-refractivity contribution in [2.45, 2.75) is 39.3 Å². The molecule has 2 amide bonds. The number of rotatable bonds is 6. The fourth-order valence-electron chi connectivity index (χ4n) is 3.60. The van der Waals surface area contributed by atoms with Gasteiger partial charge in [-0.05, 0) is 37.8 Å². The van der Waals surface area contributed by atoms with Gasteiger partial charge in [0.15, 0.2) is 5.82 Å². The molecule has 1 aromatic carbocycles. The summed E-state index contributed by atoms with van der Waals surface area (Å²) in [6.07, 6.45) is 3.21. The van der Waals surface area contributed by atoms with Crippen LogP contribution in [0.15, 0.2) is 41.1 Å². The van der Waals surface area contributed by atoms with Gasteiger partial charge in [-0.25, -0.2) is 0 Å². The summed E-state index contributed by atoms with van der Waals surface area (Å²) < 4.78 is 7.20. The molecular weight excluding hydrogens is 384 g/mol. The molecule has 0 saturated carbocycles. The maximum absolute atomic E-state index is 12.9. The van der Waals surface area contributed by atoms with Crippen LogP contribution in [0.25, 0.3) is 11.5 Å². The Morgan fingerprint density at radius 1 is 1.30 bits per heavy atom. The van der Waals surface area contributed by atoms with Gasteiger partial charge >= 0.3 is 0 Å². The molecule has 0 aliphatic carbocycles. The molecule has 2 N–H and O–H groups in total. The molecule has 0 bridgehead atoms. The van der Waals surface area contributed by atoms with E-state index in [0.717, 1.165) is 24.2 Å². The molecule has 9 heteroatoms. The molecule has 156 valence electrons. The molecule has 0 fully saturated rings. The summed E-state index contributed by atoms with van der Waals surface area (Å²) in [6.45, 7) is 4.65. The second-order valence-corrected chi connectivity index (χ2v) is 7.54. The normalized spacial score (nSPS) is 16.5. The van der Waals surface area contributed by atoms with E-state index in [9.17, 15) is 9.59 Å². The monoisotopic (exact) mass is 408 g/mol. The van der Waals surface area contributed by atoms with Gasteiger partial charge in [0.2, 0.25) is 5.91 Å². The first kappa shape index (κ1) is 19.8. The van der Waals surface area contributed by atoms with Crippen LogP contribution >= 0.6 is 0 Å². The number of aromatic nitrogens is 4. The van der Waals surface area contributed by atoms with Crippen LogP contribution in [0.2, 0.25) is 0 Å². The molecule has 2 aromatic heterocycles. The van der Waals surface area contributed by atoms with Crippen LogP contribution in [0, 0.1) is 5.92 Å². The first-order valence-corrected chi connectivity index (χ1v) is 10.00. The lowest BCUT2D eigenvalue weighted by molar-refractivity contribution is -0.119. The standard InChI is InChI=1S/C21H24N6O3/c1-13(19-25-21(30-26-19)16-6-4-3-5-7-16)24-20(29)17-12-23-27-9-8-15(10-18(17)27)11-22-14(2)28/h3-7,12-13,15H,8-11H2,1-2H3,(H,22,28)(H,24,29)/t13-,15+/m1/s1. The van der Waals surface area contributed by atoms with Gasteiger partial charge < -0.3 is 15.2 Å². The van der Waals surface area contributed by atoms with Gasteiger partial charge in [-0.15, -0.1) is 0 Å². The summed E-state index contributed by atoms with van der Waals surface area (Å²) in [5, 5.41) is 14.1. The summed E-state index contributed by atoms with van der Waals surface area (Å²) >= 11 is 0. The zero-order valence-corrected chi connectivity index (χ0v) is 17.0. The zero-order valence-electron chi connectivity index (χ0n) is 17.0. The van der Waals surface area contributed by atoms with Crippen molar-refractivity contribution in [3.05, 3.63) is 53.6 Å². The van der Waals surface area contributed by atoms with Crippen molar-refractivity contribution in [1.29, 1.82) is 0 Å². The highest BCUT2D eigenvalue weighted by molar-refractivity contribution is 5.95. The van der Waals surface area contributed by atoms with E-state index < -0.39 is 6.04 Å². The minimum absolute atomic E-state index is 0.0455. The van der Waals surface area contributed by atoms with E-state index >= 15 is 0 Å². The van der Waals surface area contributed by atoms with Gasteiger partial charge in [0.25, 0.3) is 11.8 Å². The predicted octanol–water partition coefficient (Wildman–Crippen LogP) is 2.12. The van der Waals surface area contributed by atoms with E-state index in [1.807, 2.05) is 41.9 Å². The average Bonchev–Trinajstić information content (AvgIpc) is 3.40. The number of nitrogens with one attached hydrogen (secondary N) is 2. The smallest absolute Gasteiger partial charge is 0.257 e. The molecule has 9 nitrogen and oxygen atoms in total. The molecule has 1 aliphatic rings.